The second-order valence-electron chi connectivity index (χ2n) is 7.27. The Morgan fingerprint density at radius 3 is 2.24 bits per heavy atom. The first-order valence-electron chi connectivity index (χ1n) is 8.89. The van der Waals surface area contributed by atoms with Gasteiger partial charge in [-0.05, 0) is 45.0 Å². The van der Waals surface area contributed by atoms with Crippen LogP contribution in [0, 0.1) is 0 Å². The third kappa shape index (κ3) is 4.82. The van der Waals surface area contributed by atoms with Gasteiger partial charge in [-0.3, -0.25) is 4.79 Å². The van der Waals surface area contributed by atoms with Crippen molar-refractivity contribution in [1.29, 1.82) is 0 Å². The Hall–Kier alpha value is -3.61. The number of esters is 2. The zero-order valence-electron chi connectivity index (χ0n) is 16.5. The Labute approximate surface area is 166 Å². The fourth-order valence-electron chi connectivity index (χ4n) is 2.61. The third-order valence-corrected chi connectivity index (χ3v) is 3.67. The third-order valence-electron chi connectivity index (χ3n) is 3.67. The minimum Gasteiger partial charge on any atom is -0.488 e. The first-order chi connectivity index (χ1) is 13.6. The molecular formula is C22H20O7. The number of rotatable bonds is 4. The highest BCUT2D eigenvalue weighted by atomic mass is 16.6. The van der Waals surface area contributed by atoms with E-state index in [1.54, 1.807) is 42.5 Å². The lowest BCUT2D eigenvalue weighted by atomic mass is 10.1. The van der Waals surface area contributed by atoms with Crippen LogP contribution in [0.5, 0.6) is 17.2 Å². The number of fused-ring (bicyclic) bond motifs is 1. The van der Waals surface area contributed by atoms with Gasteiger partial charge in [-0.2, -0.15) is 0 Å². The number of benzene rings is 2. The largest absolute Gasteiger partial charge is 0.488 e. The average molecular weight is 396 g/mol. The normalized spacial score (nSPS) is 11.2. The summed E-state index contributed by atoms with van der Waals surface area (Å²) >= 11 is 0. The van der Waals surface area contributed by atoms with Crippen molar-refractivity contribution in [3.05, 3.63) is 64.5 Å². The molecule has 7 nitrogen and oxygen atoms in total. The monoisotopic (exact) mass is 396 g/mol. The van der Waals surface area contributed by atoms with Crippen molar-refractivity contribution in [1.82, 2.24) is 0 Å². The Morgan fingerprint density at radius 2 is 1.62 bits per heavy atom. The Morgan fingerprint density at radius 1 is 0.931 bits per heavy atom. The van der Waals surface area contributed by atoms with E-state index in [1.165, 1.54) is 6.07 Å². The highest BCUT2D eigenvalue weighted by Crippen LogP contribution is 2.35. The molecule has 150 valence electrons. The first-order valence-corrected chi connectivity index (χ1v) is 8.89. The molecule has 0 amide bonds. The molecule has 0 bridgehead atoms. The zero-order valence-corrected chi connectivity index (χ0v) is 16.5. The number of carbonyl (C=O) groups is 2. The second kappa shape index (κ2) is 7.79. The lowest BCUT2D eigenvalue weighted by Crippen LogP contribution is -2.22. The molecule has 1 heterocycles. The molecule has 0 saturated carbocycles. The first kappa shape index (κ1) is 20.1. The summed E-state index contributed by atoms with van der Waals surface area (Å²) in [5.41, 5.74) is -1.01. The maximum absolute atomic E-state index is 12.5. The summed E-state index contributed by atoms with van der Waals surface area (Å²) in [6.45, 7) is 6.77. The molecular weight excluding hydrogens is 376 g/mol. The molecule has 2 aromatic carbocycles. The standard InChI is InChI=1S/C22H20O7/c1-13(23)26-19-18(28-20(24)14-8-6-5-7-9-14)16-11-10-15(29-22(2,3)4)12-17(16)27-21(19)25/h5-12H,1-4H3. The van der Waals surface area contributed by atoms with Gasteiger partial charge in [0.15, 0.2) is 5.75 Å². The predicted molar refractivity (Wildman–Crippen MR) is 106 cm³/mol. The van der Waals surface area contributed by atoms with Gasteiger partial charge in [0.1, 0.15) is 16.9 Å². The van der Waals surface area contributed by atoms with Gasteiger partial charge in [0.2, 0.25) is 0 Å². The van der Waals surface area contributed by atoms with Gasteiger partial charge in [-0.1, -0.05) is 18.2 Å². The molecule has 29 heavy (non-hydrogen) atoms. The number of hydrogen-bond acceptors (Lipinski definition) is 7. The smallest absolute Gasteiger partial charge is 0.383 e. The predicted octanol–water partition coefficient (Wildman–Crippen LogP) is 4.11. The van der Waals surface area contributed by atoms with Crippen LogP contribution in [0.2, 0.25) is 0 Å². The van der Waals surface area contributed by atoms with Crippen LogP contribution in [0.1, 0.15) is 38.1 Å². The molecule has 3 rings (SSSR count). The molecule has 0 aliphatic rings. The van der Waals surface area contributed by atoms with Crippen LogP contribution in [0.15, 0.2) is 57.7 Å². The van der Waals surface area contributed by atoms with Crippen LogP contribution in [-0.4, -0.2) is 17.5 Å². The van der Waals surface area contributed by atoms with Crippen LogP contribution < -0.4 is 19.8 Å². The summed E-state index contributed by atoms with van der Waals surface area (Å²) in [6, 6.07) is 13.0. The highest BCUT2D eigenvalue weighted by molar-refractivity contribution is 5.95. The Kier molecular flexibility index (Phi) is 5.41. The van der Waals surface area contributed by atoms with Crippen molar-refractivity contribution in [3.8, 4) is 17.2 Å². The fourth-order valence-corrected chi connectivity index (χ4v) is 2.61. The summed E-state index contributed by atoms with van der Waals surface area (Å²) in [5.74, 6) is -1.67. The van der Waals surface area contributed by atoms with Crippen molar-refractivity contribution >= 4 is 22.9 Å². The summed E-state index contributed by atoms with van der Waals surface area (Å²) in [6.07, 6.45) is 0. The van der Waals surface area contributed by atoms with Crippen LogP contribution in [0.3, 0.4) is 0 Å². The topological polar surface area (TPSA) is 92.0 Å². The molecule has 0 N–H and O–H groups in total. The lowest BCUT2D eigenvalue weighted by molar-refractivity contribution is -0.132. The molecule has 0 atom stereocenters. The molecule has 0 aliphatic heterocycles. The Balaban J connectivity index is 2.13. The van der Waals surface area contributed by atoms with E-state index in [4.69, 9.17) is 18.6 Å². The molecule has 0 radical (unpaired) electrons. The fraction of sp³-hybridized carbons (Fsp3) is 0.227. The second-order valence-corrected chi connectivity index (χ2v) is 7.27. The van der Waals surface area contributed by atoms with E-state index in [1.807, 2.05) is 20.8 Å². The van der Waals surface area contributed by atoms with Crippen molar-refractivity contribution in [3.63, 3.8) is 0 Å². The minimum atomic E-state index is -0.948. The summed E-state index contributed by atoms with van der Waals surface area (Å²) in [7, 11) is 0. The molecule has 7 heteroatoms. The molecule has 0 unspecified atom stereocenters. The van der Waals surface area contributed by atoms with E-state index in [0.29, 0.717) is 5.75 Å². The molecule has 3 aromatic rings. The van der Waals surface area contributed by atoms with Crippen LogP contribution >= 0.6 is 0 Å². The van der Waals surface area contributed by atoms with E-state index in [9.17, 15) is 14.4 Å². The van der Waals surface area contributed by atoms with Crippen LogP contribution in [0.25, 0.3) is 11.0 Å². The molecule has 0 saturated heterocycles. The van der Waals surface area contributed by atoms with E-state index in [2.05, 4.69) is 0 Å². The quantitative estimate of drug-likeness (QED) is 0.484. The van der Waals surface area contributed by atoms with Gasteiger partial charge in [0.25, 0.3) is 5.75 Å². The zero-order chi connectivity index (χ0) is 21.2. The van der Waals surface area contributed by atoms with E-state index in [0.717, 1.165) is 6.92 Å². The maximum atomic E-state index is 12.5. The summed E-state index contributed by atoms with van der Waals surface area (Å²) < 4.78 is 21.5. The summed E-state index contributed by atoms with van der Waals surface area (Å²) in [5, 5.41) is 0.284. The summed E-state index contributed by atoms with van der Waals surface area (Å²) in [4.78, 5) is 36.4. The minimum absolute atomic E-state index is 0.128. The lowest BCUT2D eigenvalue weighted by Gasteiger charge is -2.21. The van der Waals surface area contributed by atoms with Crippen LogP contribution in [-0.2, 0) is 4.79 Å². The average Bonchev–Trinajstić information content (AvgIpc) is 2.63. The molecule has 0 aliphatic carbocycles. The van der Waals surface area contributed by atoms with Crippen molar-refractivity contribution in [2.45, 2.75) is 33.3 Å². The van der Waals surface area contributed by atoms with Crippen molar-refractivity contribution in [2.24, 2.45) is 0 Å². The van der Waals surface area contributed by atoms with Crippen molar-refractivity contribution < 1.29 is 28.2 Å². The number of carbonyl (C=O) groups excluding carboxylic acids is 2. The van der Waals surface area contributed by atoms with Gasteiger partial charge in [0, 0.05) is 13.0 Å². The maximum Gasteiger partial charge on any atom is 0.383 e. The van der Waals surface area contributed by atoms with Gasteiger partial charge >= 0.3 is 17.6 Å². The van der Waals surface area contributed by atoms with Gasteiger partial charge in [-0.25, -0.2) is 9.59 Å². The van der Waals surface area contributed by atoms with Crippen LogP contribution in [0.4, 0.5) is 0 Å². The highest BCUT2D eigenvalue weighted by Gasteiger charge is 2.23. The number of ether oxygens (including phenoxy) is 3. The van der Waals surface area contributed by atoms with E-state index in [-0.39, 0.29) is 22.3 Å². The van der Waals surface area contributed by atoms with Crippen molar-refractivity contribution in [2.75, 3.05) is 0 Å². The molecule has 0 fully saturated rings. The van der Waals surface area contributed by atoms with Gasteiger partial charge in [0.05, 0.1) is 10.9 Å². The SMILES string of the molecule is CC(=O)Oc1c(OC(=O)c2ccccc2)c2ccc(OC(C)(C)C)cc2oc1=O. The van der Waals surface area contributed by atoms with Gasteiger partial charge < -0.3 is 18.6 Å². The van der Waals surface area contributed by atoms with E-state index >= 15 is 0 Å². The van der Waals surface area contributed by atoms with E-state index < -0.39 is 28.9 Å². The van der Waals surface area contributed by atoms with Gasteiger partial charge in [-0.15, -0.1) is 0 Å². The molecule has 1 aromatic heterocycles. The molecule has 0 spiro atoms. The Bertz CT molecular complexity index is 1120. The number of hydrogen-bond donors (Lipinski definition) is 0.